The molecule has 3 rings (SSSR count). The Bertz CT molecular complexity index is 653. The highest BCUT2D eigenvalue weighted by molar-refractivity contribution is 5.80. The lowest BCUT2D eigenvalue weighted by molar-refractivity contribution is 0.221. The van der Waals surface area contributed by atoms with Crippen LogP contribution in [-0.4, -0.2) is 49.6 Å². The molecule has 2 atom stereocenters. The lowest BCUT2D eigenvalue weighted by atomic mass is 10.0. The normalized spacial score (nSPS) is 24.1. The maximum atomic E-state index is 4.46. The smallest absolute Gasteiger partial charge is 0.191 e. The first-order valence-electron chi connectivity index (χ1n) is 10.4. The van der Waals surface area contributed by atoms with Gasteiger partial charge in [-0.15, -0.1) is 0 Å². The topological polar surface area (TPSA) is 39.7 Å². The van der Waals surface area contributed by atoms with Crippen LogP contribution in [0.15, 0.2) is 41.4 Å². The van der Waals surface area contributed by atoms with Crippen LogP contribution >= 0.6 is 0 Å². The lowest BCUT2D eigenvalue weighted by Crippen LogP contribution is -2.49. The molecule has 1 saturated heterocycles. The molecular formula is C23H36N4. The van der Waals surface area contributed by atoms with Gasteiger partial charge in [0.15, 0.2) is 5.96 Å². The summed E-state index contributed by atoms with van der Waals surface area (Å²) in [5, 5.41) is 7.27. The number of guanidine groups is 1. The van der Waals surface area contributed by atoms with E-state index in [2.05, 4.69) is 72.1 Å². The number of benzene rings is 1. The summed E-state index contributed by atoms with van der Waals surface area (Å²) in [6.45, 7) is 13.9. The zero-order valence-corrected chi connectivity index (χ0v) is 17.5. The quantitative estimate of drug-likeness (QED) is 0.455. The average Bonchev–Trinajstić information content (AvgIpc) is 3.41. The molecule has 2 N–H and O–H groups in total. The minimum Gasteiger partial charge on any atom is -0.354 e. The Kier molecular flexibility index (Phi) is 6.59. The Labute approximate surface area is 165 Å². The summed E-state index contributed by atoms with van der Waals surface area (Å²) in [6, 6.07) is 10.2. The van der Waals surface area contributed by atoms with Crippen molar-refractivity contribution < 1.29 is 0 Å². The van der Waals surface area contributed by atoms with Gasteiger partial charge in [0.05, 0.1) is 0 Å². The van der Waals surface area contributed by atoms with Gasteiger partial charge in [-0.25, -0.2) is 0 Å². The van der Waals surface area contributed by atoms with Gasteiger partial charge in [0.25, 0.3) is 0 Å². The van der Waals surface area contributed by atoms with E-state index >= 15 is 0 Å². The molecule has 1 aromatic rings. The molecule has 2 aliphatic rings. The van der Waals surface area contributed by atoms with Crippen LogP contribution in [-0.2, 0) is 0 Å². The van der Waals surface area contributed by atoms with Crippen LogP contribution in [0.3, 0.4) is 0 Å². The van der Waals surface area contributed by atoms with Crippen molar-refractivity contribution in [2.24, 2.45) is 4.99 Å². The van der Waals surface area contributed by atoms with E-state index < -0.39 is 0 Å². The molecule has 0 radical (unpaired) electrons. The first kappa shape index (κ1) is 19.9. The molecule has 1 saturated carbocycles. The zero-order chi connectivity index (χ0) is 19.4. The van der Waals surface area contributed by atoms with E-state index in [9.17, 15) is 0 Å². The van der Waals surface area contributed by atoms with Crippen molar-refractivity contribution in [3.05, 3.63) is 47.5 Å². The Hall–Kier alpha value is -1.81. The second kappa shape index (κ2) is 8.92. The van der Waals surface area contributed by atoms with Gasteiger partial charge >= 0.3 is 0 Å². The van der Waals surface area contributed by atoms with Crippen LogP contribution in [0, 0.1) is 0 Å². The molecule has 0 amide bonds. The Morgan fingerprint density at radius 3 is 2.41 bits per heavy atom. The third kappa shape index (κ3) is 5.58. The standard InChI is InChI=1S/C23H36N4/c1-16(2)15-27-12-10-20(11-13-27)25-23(24-5)26-22-14-21(22)19-8-6-18(7-9-19)17(3)4/h6-9,17,20-22H,1,10-15H2,2-5H3,(H2,24,25,26). The van der Waals surface area contributed by atoms with Gasteiger partial charge < -0.3 is 10.6 Å². The van der Waals surface area contributed by atoms with Crippen molar-refractivity contribution in [3.63, 3.8) is 0 Å². The summed E-state index contributed by atoms with van der Waals surface area (Å²) in [5.74, 6) is 2.17. The van der Waals surface area contributed by atoms with Crippen LogP contribution in [0.25, 0.3) is 0 Å². The monoisotopic (exact) mass is 368 g/mol. The molecule has 4 heteroatoms. The van der Waals surface area contributed by atoms with Gasteiger partial charge in [-0.3, -0.25) is 9.89 Å². The van der Waals surface area contributed by atoms with Gasteiger partial charge in [0.2, 0.25) is 0 Å². The summed E-state index contributed by atoms with van der Waals surface area (Å²) >= 11 is 0. The van der Waals surface area contributed by atoms with E-state index in [1.165, 1.54) is 36.0 Å². The maximum absolute atomic E-state index is 4.46. The fourth-order valence-electron chi connectivity index (χ4n) is 4.01. The second-order valence-electron chi connectivity index (χ2n) is 8.64. The third-order valence-corrected chi connectivity index (χ3v) is 5.79. The third-order valence-electron chi connectivity index (χ3n) is 5.79. The van der Waals surface area contributed by atoms with E-state index in [0.29, 0.717) is 23.9 Å². The van der Waals surface area contributed by atoms with Gasteiger partial charge in [-0.05, 0) is 43.2 Å². The van der Waals surface area contributed by atoms with Gasteiger partial charge in [0.1, 0.15) is 0 Å². The van der Waals surface area contributed by atoms with Crippen LogP contribution in [0.5, 0.6) is 0 Å². The van der Waals surface area contributed by atoms with Gasteiger partial charge in [-0.2, -0.15) is 0 Å². The second-order valence-corrected chi connectivity index (χ2v) is 8.64. The minimum atomic E-state index is 0.504. The summed E-state index contributed by atoms with van der Waals surface area (Å²) in [5.41, 5.74) is 4.11. The number of hydrogen-bond acceptors (Lipinski definition) is 2. The number of hydrogen-bond donors (Lipinski definition) is 2. The van der Waals surface area contributed by atoms with Crippen LogP contribution in [0.2, 0.25) is 0 Å². The van der Waals surface area contributed by atoms with Crippen molar-refractivity contribution in [2.75, 3.05) is 26.7 Å². The number of aliphatic imine (C=N–C) groups is 1. The Morgan fingerprint density at radius 2 is 1.85 bits per heavy atom. The summed E-state index contributed by atoms with van der Waals surface area (Å²) < 4.78 is 0. The number of piperidine rings is 1. The first-order chi connectivity index (χ1) is 13.0. The van der Waals surface area contributed by atoms with Crippen molar-refractivity contribution in [2.45, 2.75) is 64.0 Å². The molecule has 0 aromatic heterocycles. The van der Waals surface area contributed by atoms with E-state index in [0.717, 1.165) is 25.6 Å². The summed E-state index contributed by atoms with van der Waals surface area (Å²) in [7, 11) is 1.88. The maximum Gasteiger partial charge on any atom is 0.191 e. The number of nitrogens with zero attached hydrogens (tertiary/aromatic N) is 2. The SMILES string of the molecule is C=C(C)CN1CCC(NC(=NC)NC2CC2c2ccc(C(C)C)cc2)CC1. The zero-order valence-electron chi connectivity index (χ0n) is 17.5. The van der Waals surface area contributed by atoms with Gasteiger partial charge in [-0.1, -0.05) is 50.3 Å². The molecule has 1 aliphatic heterocycles. The molecular weight excluding hydrogens is 332 g/mol. The Morgan fingerprint density at radius 1 is 1.19 bits per heavy atom. The number of nitrogens with one attached hydrogen (secondary N) is 2. The molecule has 1 heterocycles. The molecule has 0 bridgehead atoms. The highest BCUT2D eigenvalue weighted by Gasteiger charge is 2.39. The van der Waals surface area contributed by atoms with Crippen LogP contribution in [0.1, 0.15) is 63.0 Å². The van der Waals surface area contributed by atoms with E-state index in [1.54, 1.807) is 0 Å². The molecule has 1 aromatic carbocycles. The first-order valence-corrected chi connectivity index (χ1v) is 10.4. The fraction of sp³-hybridized carbons (Fsp3) is 0.609. The van der Waals surface area contributed by atoms with Crippen LogP contribution < -0.4 is 10.6 Å². The van der Waals surface area contributed by atoms with Crippen molar-refractivity contribution >= 4 is 5.96 Å². The molecule has 27 heavy (non-hydrogen) atoms. The van der Waals surface area contributed by atoms with Crippen molar-refractivity contribution in [3.8, 4) is 0 Å². The molecule has 4 nitrogen and oxygen atoms in total. The van der Waals surface area contributed by atoms with Gasteiger partial charge in [0, 0.05) is 44.7 Å². The Balaban J connectivity index is 1.44. The highest BCUT2D eigenvalue weighted by atomic mass is 15.2. The summed E-state index contributed by atoms with van der Waals surface area (Å²) in [4.78, 5) is 6.96. The molecule has 0 spiro atoms. The van der Waals surface area contributed by atoms with Crippen LogP contribution in [0.4, 0.5) is 0 Å². The number of likely N-dealkylation sites (tertiary alicyclic amines) is 1. The summed E-state index contributed by atoms with van der Waals surface area (Å²) in [6.07, 6.45) is 3.52. The van der Waals surface area contributed by atoms with E-state index in [1.807, 2.05) is 7.05 Å². The molecule has 148 valence electrons. The fourth-order valence-corrected chi connectivity index (χ4v) is 4.01. The largest absolute Gasteiger partial charge is 0.354 e. The molecule has 1 aliphatic carbocycles. The predicted octanol–water partition coefficient (Wildman–Crippen LogP) is 3.87. The minimum absolute atomic E-state index is 0.504. The predicted molar refractivity (Wildman–Crippen MR) is 116 cm³/mol. The average molecular weight is 369 g/mol. The molecule has 2 fully saturated rings. The lowest BCUT2D eigenvalue weighted by Gasteiger charge is -2.33. The highest BCUT2D eigenvalue weighted by Crippen LogP contribution is 2.41. The van der Waals surface area contributed by atoms with E-state index in [4.69, 9.17) is 0 Å². The van der Waals surface area contributed by atoms with Crippen molar-refractivity contribution in [1.29, 1.82) is 0 Å². The molecule has 2 unspecified atom stereocenters. The van der Waals surface area contributed by atoms with E-state index in [-0.39, 0.29) is 0 Å². The number of rotatable bonds is 6. The van der Waals surface area contributed by atoms with Crippen molar-refractivity contribution in [1.82, 2.24) is 15.5 Å².